The number of anilines is 2. The Kier molecular flexibility index (Phi) is 3.59. The molecule has 0 unspecified atom stereocenters. The van der Waals surface area contributed by atoms with Crippen molar-refractivity contribution in [3.8, 4) is 0 Å². The van der Waals surface area contributed by atoms with E-state index in [1.807, 2.05) is 0 Å². The largest absolute Gasteiger partial charge is 0.370 e. The molecule has 1 heterocycles. The molecule has 1 aromatic rings. The maximum Gasteiger partial charge on any atom is 0.134 e. The number of nitrogens with zero attached hydrogens (tertiary/aromatic N) is 3. The normalized spacial score (nSPS) is 14.9. The minimum Gasteiger partial charge on any atom is -0.370 e. The highest BCUT2D eigenvalue weighted by molar-refractivity contribution is 5.49. The fourth-order valence-electron chi connectivity index (χ4n) is 1.89. The summed E-state index contributed by atoms with van der Waals surface area (Å²) < 4.78 is 0. The summed E-state index contributed by atoms with van der Waals surface area (Å²) in [7, 11) is 0. The number of nitrogens with one attached hydrogen (secondary N) is 1. The van der Waals surface area contributed by atoms with Crippen LogP contribution in [0.5, 0.6) is 0 Å². The fourth-order valence-corrected chi connectivity index (χ4v) is 1.89. The Hall–Kier alpha value is -1.32. The van der Waals surface area contributed by atoms with Gasteiger partial charge < -0.3 is 10.2 Å². The van der Waals surface area contributed by atoms with Crippen LogP contribution in [0.1, 0.15) is 33.1 Å². The van der Waals surface area contributed by atoms with Crippen molar-refractivity contribution in [1.29, 1.82) is 0 Å². The van der Waals surface area contributed by atoms with Gasteiger partial charge in [0, 0.05) is 25.2 Å². The van der Waals surface area contributed by atoms with Crippen molar-refractivity contribution in [2.24, 2.45) is 0 Å². The summed E-state index contributed by atoms with van der Waals surface area (Å²) in [5.74, 6) is 1.99. The Morgan fingerprint density at radius 1 is 1.38 bits per heavy atom. The molecule has 0 spiro atoms. The molecule has 1 aliphatic rings. The van der Waals surface area contributed by atoms with Gasteiger partial charge in [0.05, 0.1) is 0 Å². The third kappa shape index (κ3) is 2.62. The van der Waals surface area contributed by atoms with Gasteiger partial charge in [0.25, 0.3) is 0 Å². The first-order valence-corrected chi connectivity index (χ1v) is 6.17. The first-order chi connectivity index (χ1) is 7.85. The molecule has 1 fully saturated rings. The van der Waals surface area contributed by atoms with Crippen molar-refractivity contribution in [3.63, 3.8) is 0 Å². The highest BCUT2D eigenvalue weighted by atomic mass is 15.2. The van der Waals surface area contributed by atoms with Crippen LogP contribution in [0.2, 0.25) is 0 Å². The SMILES string of the molecule is CCCN(c1cc(NCC)ncn1)C1CC1. The van der Waals surface area contributed by atoms with Gasteiger partial charge in [-0.1, -0.05) is 6.92 Å². The van der Waals surface area contributed by atoms with Crippen LogP contribution in [0, 0.1) is 0 Å². The van der Waals surface area contributed by atoms with Crippen LogP contribution in [0.15, 0.2) is 12.4 Å². The minimum atomic E-state index is 0.712. The average molecular weight is 220 g/mol. The predicted octanol–water partition coefficient (Wildman–Crippen LogP) is 2.29. The highest BCUT2D eigenvalue weighted by Gasteiger charge is 2.29. The molecular formula is C12H20N4. The summed E-state index contributed by atoms with van der Waals surface area (Å²) in [6, 6.07) is 2.77. The number of hydrogen-bond acceptors (Lipinski definition) is 4. The Morgan fingerprint density at radius 2 is 2.19 bits per heavy atom. The van der Waals surface area contributed by atoms with E-state index in [-0.39, 0.29) is 0 Å². The van der Waals surface area contributed by atoms with Gasteiger partial charge >= 0.3 is 0 Å². The molecule has 0 bridgehead atoms. The molecule has 1 N–H and O–H groups in total. The summed E-state index contributed by atoms with van der Waals surface area (Å²) in [5.41, 5.74) is 0. The van der Waals surface area contributed by atoms with E-state index in [0.29, 0.717) is 6.04 Å². The maximum absolute atomic E-state index is 4.38. The van der Waals surface area contributed by atoms with Crippen LogP contribution in [0.3, 0.4) is 0 Å². The Morgan fingerprint density at radius 3 is 2.81 bits per heavy atom. The van der Waals surface area contributed by atoms with E-state index in [4.69, 9.17) is 0 Å². The van der Waals surface area contributed by atoms with Crippen molar-refractivity contribution in [2.45, 2.75) is 39.2 Å². The third-order valence-corrected chi connectivity index (χ3v) is 2.76. The summed E-state index contributed by atoms with van der Waals surface area (Å²) in [6.45, 7) is 6.27. The van der Waals surface area contributed by atoms with Crippen molar-refractivity contribution in [3.05, 3.63) is 12.4 Å². The van der Waals surface area contributed by atoms with E-state index >= 15 is 0 Å². The van der Waals surface area contributed by atoms with Crippen LogP contribution >= 0.6 is 0 Å². The second-order valence-corrected chi connectivity index (χ2v) is 4.22. The first-order valence-electron chi connectivity index (χ1n) is 6.17. The van der Waals surface area contributed by atoms with E-state index in [0.717, 1.165) is 31.1 Å². The standard InChI is InChI=1S/C12H20N4/c1-3-7-16(10-5-6-10)12-8-11(13-4-2)14-9-15-12/h8-10H,3-7H2,1-2H3,(H,13,14,15). The lowest BCUT2D eigenvalue weighted by Crippen LogP contribution is -2.27. The monoisotopic (exact) mass is 220 g/mol. The molecule has 16 heavy (non-hydrogen) atoms. The van der Waals surface area contributed by atoms with Gasteiger partial charge in [0.2, 0.25) is 0 Å². The van der Waals surface area contributed by atoms with Crippen LogP contribution in [0.25, 0.3) is 0 Å². The average Bonchev–Trinajstić information content (AvgIpc) is 3.11. The smallest absolute Gasteiger partial charge is 0.134 e. The quantitative estimate of drug-likeness (QED) is 0.798. The number of hydrogen-bond donors (Lipinski definition) is 1. The van der Waals surface area contributed by atoms with Crippen LogP contribution in [-0.4, -0.2) is 29.1 Å². The molecule has 88 valence electrons. The van der Waals surface area contributed by atoms with Gasteiger partial charge in [-0.15, -0.1) is 0 Å². The molecule has 0 saturated heterocycles. The molecule has 0 atom stereocenters. The van der Waals surface area contributed by atoms with Gasteiger partial charge in [-0.25, -0.2) is 9.97 Å². The second-order valence-electron chi connectivity index (χ2n) is 4.22. The number of aromatic nitrogens is 2. The fraction of sp³-hybridized carbons (Fsp3) is 0.667. The van der Waals surface area contributed by atoms with Crippen molar-refractivity contribution in [2.75, 3.05) is 23.3 Å². The van der Waals surface area contributed by atoms with Gasteiger partial charge in [-0.05, 0) is 26.2 Å². The predicted molar refractivity (Wildman–Crippen MR) is 66.9 cm³/mol. The third-order valence-electron chi connectivity index (χ3n) is 2.76. The molecule has 4 nitrogen and oxygen atoms in total. The molecule has 0 amide bonds. The van der Waals surface area contributed by atoms with E-state index in [1.54, 1.807) is 6.33 Å². The zero-order valence-corrected chi connectivity index (χ0v) is 10.1. The van der Waals surface area contributed by atoms with Crippen molar-refractivity contribution in [1.82, 2.24) is 9.97 Å². The summed E-state index contributed by atoms with van der Waals surface area (Å²) >= 11 is 0. The molecule has 1 aromatic heterocycles. The second kappa shape index (κ2) is 5.14. The van der Waals surface area contributed by atoms with Crippen molar-refractivity contribution >= 4 is 11.6 Å². The summed E-state index contributed by atoms with van der Waals surface area (Å²) in [4.78, 5) is 11.0. The summed E-state index contributed by atoms with van der Waals surface area (Å²) in [5, 5.41) is 3.23. The Balaban J connectivity index is 2.12. The molecule has 4 heteroatoms. The topological polar surface area (TPSA) is 41.0 Å². The Labute approximate surface area is 97.1 Å². The lowest BCUT2D eigenvalue weighted by molar-refractivity contribution is 0.748. The molecule has 0 aromatic carbocycles. The lowest BCUT2D eigenvalue weighted by Gasteiger charge is -2.22. The van der Waals surface area contributed by atoms with Gasteiger partial charge in [-0.3, -0.25) is 0 Å². The van der Waals surface area contributed by atoms with Crippen LogP contribution in [-0.2, 0) is 0 Å². The molecule has 2 rings (SSSR count). The molecule has 0 radical (unpaired) electrons. The Bertz CT molecular complexity index is 336. The van der Waals surface area contributed by atoms with E-state index in [2.05, 4.69) is 40.1 Å². The summed E-state index contributed by atoms with van der Waals surface area (Å²) in [6.07, 6.45) is 5.43. The van der Waals surface area contributed by atoms with Crippen LogP contribution in [0.4, 0.5) is 11.6 Å². The molecule has 1 saturated carbocycles. The van der Waals surface area contributed by atoms with E-state index in [1.165, 1.54) is 12.8 Å². The maximum atomic E-state index is 4.38. The minimum absolute atomic E-state index is 0.712. The van der Waals surface area contributed by atoms with Gasteiger partial charge in [0.1, 0.15) is 18.0 Å². The van der Waals surface area contributed by atoms with E-state index < -0.39 is 0 Å². The van der Waals surface area contributed by atoms with Crippen LogP contribution < -0.4 is 10.2 Å². The molecular weight excluding hydrogens is 200 g/mol. The zero-order chi connectivity index (χ0) is 11.4. The molecule has 0 aliphatic heterocycles. The zero-order valence-electron chi connectivity index (χ0n) is 10.1. The van der Waals surface area contributed by atoms with Gasteiger partial charge in [0.15, 0.2) is 0 Å². The first kappa shape index (κ1) is 11.2. The van der Waals surface area contributed by atoms with Gasteiger partial charge in [-0.2, -0.15) is 0 Å². The van der Waals surface area contributed by atoms with E-state index in [9.17, 15) is 0 Å². The lowest BCUT2D eigenvalue weighted by atomic mass is 10.3. The number of rotatable bonds is 6. The van der Waals surface area contributed by atoms with Crippen molar-refractivity contribution < 1.29 is 0 Å². The highest BCUT2D eigenvalue weighted by Crippen LogP contribution is 2.31. The molecule has 1 aliphatic carbocycles.